The van der Waals surface area contributed by atoms with Gasteiger partial charge in [0.15, 0.2) is 5.22 Å². The Balaban J connectivity index is 0.00000208. The molecule has 1 aliphatic heterocycles. The lowest BCUT2D eigenvalue weighted by molar-refractivity contribution is -0.655. The number of benzene rings is 2. The van der Waals surface area contributed by atoms with Gasteiger partial charge in [-0.05, 0) is 12.8 Å². The van der Waals surface area contributed by atoms with Crippen LogP contribution in [0.3, 0.4) is 0 Å². The smallest absolute Gasteiger partial charge is 0.312 e. The molecule has 0 spiro atoms. The Morgan fingerprint density at radius 1 is 0.833 bits per heavy atom. The molecular weight excluding hydrogens is 320 g/mol. The van der Waals surface area contributed by atoms with Gasteiger partial charge in [-0.15, -0.1) is 4.70 Å². The van der Waals surface area contributed by atoms with Crippen LogP contribution in [-0.4, -0.2) is 11.2 Å². The summed E-state index contributed by atoms with van der Waals surface area (Å²) in [5.41, 5.74) is 1.58. The molecule has 0 N–H and O–H groups in total. The molecule has 5 heteroatoms. The number of hydrogen-bond donors (Lipinski definition) is 0. The van der Waals surface area contributed by atoms with E-state index in [-0.39, 0.29) is 12.4 Å². The molecule has 0 aromatic heterocycles. The molecule has 0 atom stereocenters. The van der Waals surface area contributed by atoms with Crippen molar-refractivity contribution in [2.24, 2.45) is 15.6 Å². The minimum atomic E-state index is -0.630. The number of hydrogen-bond acceptors (Lipinski definition) is 3. The zero-order valence-corrected chi connectivity index (χ0v) is 14.7. The largest absolute Gasteiger partial charge is 1.00 e. The highest BCUT2D eigenvalue weighted by Gasteiger charge is 2.49. The minimum absolute atomic E-state index is 0. The van der Waals surface area contributed by atoms with Gasteiger partial charge in [-0.2, -0.15) is 0 Å². The van der Waals surface area contributed by atoms with Crippen molar-refractivity contribution in [3.05, 3.63) is 71.8 Å². The van der Waals surface area contributed by atoms with Gasteiger partial charge in [-0.1, -0.05) is 80.4 Å². The lowest BCUT2D eigenvalue weighted by Gasteiger charge is -2.23. The second kappa shape index (κ2) is 8.69. The molecule has 0 saturated carbocycles. The molecule has 0 bridgehead atoms. The van der Waals surface area contributed by atoms with E-state index in [9.17, 15) is 0 Å². The van der Waals surface area contributed by atoms with Crippen LogP contribution in [0, 0.1) is 0 Å². The average Bonchev–Trinajstić information content (AvgIpc) is 3.05. The third-order valence-corrected chi connectivity index (χ3v) is 4.29. The molecule has 0 radical (unpaired) electrons. The van der Waals surface area contributed by atoms with Gasteiger partial charge in [0.05, 0.1) is 0 Å². The van der Waals surface area contributed by atoms with Crippen molar-refractivity contribution < 1.29 is 17.1 Å². The van der Waals surface area contributed by atoms with Crippen molar-refractivity contribution in [3.8, 4) is 0 Å². The maximum Gasteiger partial charge on any atom is 0.312 e. The van der Waals surface area contributed by atoms with E-state index >= 15 is 0 Å². The lowest BCUT2D eigenvalue weighted by Crippen LogP contribution is -3.00. The monoisotopic (exact) mass is 342 g/mol. The lowest BCUT2D eigenvalue weighted by atomic mass is 9.91. The van der Waals surface area contributed by atoms with Crippen molar-refractivity contribution in [2.75, 3.05) is 6.54 Å². The Morgan fingerprint density at radius 3 is 1.96 bits per heavy atom. The van der Waals surface area contributed by atoms with E-state index in [2.05, 4.69) is 46.7 Å². The van der Waals surface area contributed by atoms with Crippen LogP contribution in [0.2, 0.25) is 0 Å². The van der Waals surface area contributed by atoms with Crippen LogP contribution >= 0.6 is 0 Å². The van der Waals surface area contributed by atoms with Crippen molar-refractivity contribution in [3.63, 3.8) is 0 Å². The van der Waals surface area contributed by atoms with Crippen LogP contribution in [0.1, 0.15) is 43.7 Å². The molecule has 0 amide bonds. The minimum Gasteiger partial charge on any atom is -1.00 e. The first-order valence-electron chi connectivity index (χ1n) is 8.39. The van der Waals surface area contributed by atoms with E-state index in [0.29, 0.717) is 0 Å². The van der Waals surface area contributed by atoms with Gasteiger partial charge in [-0.3, -0.25) is 0 Å². The molecule has 1 heterocycles. The van der Waals surface area contributed by atoms with E-state index in [1.807, 2.05) is 41.1 Å². The molecule has 24 heavy (non-hydrogen) atoms. The molecule has 2 aromatic rings. The molecule has 0 unspecified atom stereocenters. The fourth-order valence-electron chi connectivity index (χ4n) is 3.07. The second-order valence-electron chi connectivity index (χ2n) is 5.87. The summed E-state index contributed by atoms with van der Waals surface area (Å²) in [5, 5.41) is 12.9. The molecule has 4 nitrogen and oxygen atoms in total. The fraction of sp³-hybridized carbons (Fsp3) is 0.368. The Labute approximate surface area is 149 Å². The van der Waals surface area contributed by atoms with E-state index in [4.69, 9.17) is 0 Å². The number of rotatable bonds is 7. The van der Waals surface area contributed by atoms with Gasteiger partial charge in [0, 0.05) is 16.2 Å². The Kier molecular flexibility index (Phi) is 6.62. The maximum absolute atomic E-state index is 4.57. The summed E-state index contributed by atoms with van der Waals surface area (Å²) in [6.07, 6.45) is 4.80. The van der Waals surface area contributed by atoms with Crippen LogP contribution < -0.4 is 12.4 Å². The van der Waals surface area contributed by atoms with Crippen molar-refractivity contribution in [1.82, 2.24) is 0 Å². The quantitative estimate of drug-likeness (QED) is 0.547. The van der Waals surface area contributed by atoms with Crippen molar-refractivity contribution in [2.45, 2.75) is 38.3 Å². The summed E-state index contributed by atoms with van der Waals surface area (Å²) in [7, 11) is 0. The molecule has 0 fully saturated rings. The number of unbranched alkanes of at least 4 members (excludes halogenated alkanes) is 3. The highest BCUT2D eigenvalue weighted by molar-refractivity contribution is 5.35. The first kappa shape index (κ1) is 18.3. The zero-order valence-electron chi connectivity index (χ0n) is 14.0. The Morgan fingerprint density at radius 2 is 1.42 bits per heavy atom. The summed E-state index contributed by atoms with van der Waals surface area (Å²) >= 11 is 0. The molecule has 2 aromatic carbocycles. The third-order valence-electron chi connectivity index (χ3n) is 4.29. The third kappa shape index (κ3) is 3.54. The van der Waals surface area contributed by atoms with Crippen molar-refractivity contribution >= 4 is 0 Å². The van der Waals surface area contributed by atoms with Crippen LogP contribution in [0.15, 0.2) is 76.2 Å². The normalized spacial score (nSPS) is 15.0. The van der Waals surface area contributed by atoms with Crippen molar-refractivity contribution in [1.29, 1.82) is 0 Å². The van der Waals surface area contributed by atoms with Crippen LogP contribution in [-0.2, 0) is 5.66 Å². The van der Waals surface area contributed by atoms with E-state index in [0.717, 1.165) is 24.1 Å². The highest BCUT2D eigenvalue weighted by Crippen LogP contribution is 2.38. The Hall–Kier alpha value is -2.07. The first-order chi connectivity index (χ1) is 11.4. The van der Waals surface area contributed by atoms with E-state index in [1.165, 1.54) is 19.3 Å². The van der Waals surface area contributed by atoms with Gasteiger partial charge < -0.3 is 12.4 Å². The van der Waals surface area contributed by atoms with E-state index in [1.54, 1.807) is 0 Å². The molecule has 126 valence electrons. The van der Waals surface area contributed by atoms with Gasteiger partial charge in [-0.25, -0.2) is 0 Å². The molecule has 1 aliphatic rings. The highest BCUT2D eigenvalue weighted by atomic mass is 35.5. The molecule has 3 rings (SSSR count). The number of nitrogens with zero attached hydrogens (tertiary/aromatic N) is 4. The van der Waals surface area contributed by atoms with E-state index < -0.39 is 5.66 Å². The van der Waals surface area contributed by atoms with Gasteiger partial charge in [0.25, 0.3) is 0 Å². The predicted octanol–water partition coefficient (Wildman–Crippen LogP) is 2.32. The zero-order chi connectivity index (χ0) is 16.0. The second-order valence-corrected chi connectivity index (χ2v) is 5.87. The van der Waals surface area contributed by atoms with Crippen LogP contribution in [0.5, 0.6) is 0 Å². The molecule has 0 saturated heterocycles. The summed E-state index contributed by atoms with van der Waals surface area (Å²) in [6.45, 7) is 3.08. The van der Waals surface area contributed by atoms with Gasteiger partial charge in [0.1, 0.15) is 6.54 Å². The van der Waals surface area contributed by atoms with Crippen LogP contribution in [0.25, 0.3) is 0 Å². The summed E-state index contributed by atoms with van der Waals surface area (Å²) in [4.78, 5) is 0. The standard InChI is InChI=1S/C19H23N4.ClH/c1-2-3-4-11-16-23-19(20-21-22-23,17-12-7-5-8-13-17)18-14-9-6-10-15-18;/h5-10,12-15H,2-4,11,16H2,1H3;1H/q+1;/p-1. The summed E-state index contributed by atoms with van der Waals surface area (Å²) in [6, 6.07) is 20.6. The number of halogens is 1. The van der Waals surface area contributed by atoms with Crippen LogP contribution in [0.4, 0.5) is 0 Å². The SMILES string of the molecule is CCCCCC[N+]1=NN=NC1(c1ccccc1)c1ccccc1.[Cl-]. The first-order valence-corrected chi connectivity index (χ1v) is 8.39. The van der Waals surface area contributed by atoms with Gasteiger partial charge >= 0.3 is 5.66 Å². The average molecular weight is 343 g/mol. The fourth-order valence-corrected chi connectivity index (χ4v) is 3.07. The molecular formula is C19H23ClN4. The summed E-state index contributed by atoms with van der Waals surface area (Å²) < 4.78 is 2.04. The topological polar surface area (TPSA) is 40.1 Å². The maximum atomic E-state index is 4.57. The Bertz CT molecular complexity index is 644. The van der Waals surface area contributed by atoms with Gasteiger partial charge in [0.2, 0.25) is 5.22 Å². The summed E-state index contributed by atoms with van der Waals surface area (Å²) in [5.74, 6) is 0. The predicted molar refractivity (Wildman–Crippen MR) is 90.2 cm³/mol. The molecule has 0 aliphatic carbocycles.